The minimum Gasteiger partial charge on any atom is -0.480 e. The van der Waals surface area contributed by atoms with Crippen molar-refractivity contribution < 1.29 is 23.1 Å². The first kappa shape index (κ1) is 26.2. The summed E-state index contributed by atoms with van der Waals surface area (Å²) >= 11 is 12.4. The molecule has 1 amide bonds. The number of sulfonamides is 1. The zero-order valence-corrected chi connectivity index (χ0v) is 22.3. The van der Waals surface area contributed by atoms with Crippen LogP contribution in [0.5, 0.6) is 0 Å². The van der Waals surface area contributed by atoms with Crippen molar-refractivity contribution in [2.75, 3.05) is 11.4 Å². The highest BCUT2D eigenvalue weighted by Gasteiger charge is 2.53. The van der Waals surface area contributed by atoms with E-state index in [9.17, 15) is 23.1 Å². The lowest BCUT2D eigenvalue weighted by Gasteiger charge is -2.28. The van der Waals surface area contributed by atoms with Gasteiger partial charge in [0.2, 0.25) is 5.95 Å². The summed E-state index contributed by atoms with van der Waals surface area (Å²) in [7, 11) is -4.36. The molecule has 0 spiro atoms. The molecule has 0 bridgehead atoms. The molecule has 2 aliphatic rings. The predicted octanol–water partition coefficient (Wildman–Crippen LogP) is 3.94. The van der Waals surface area contributed by atoms with Crippen molar-refractivity contribution in [2.45, 2.75) is 42.8 Å². The van der Waals surface area contributed by atoms with Crippen LogP contribution in [0.2, 0.25) is 10.0 Å². The highest BCUT2D eigenvalue weighted by molar-refractivity contribution is 7.89. The molecule has 3 aromatic rings. The first-order chi connectivity index (χ1) is 18.0. The molecule has 3 heterocycles. The number of rotatable bonds is 6. The summed E-state index contributed by atoms with van der Waals surface area (Å²) in [6.07, 6.45) is 1.79. The van der Waals surface area contributed by atoms with E-state index in [0.717, 1.165) is 10.5 Å². The number of aliphatic carboxylic acids is 1. The molecule has 10 nitrogen and oxygen atoms in total. The van der Waals surface area contributed by atoms with Crippen molar-refractivity contribution in [1.82, 2.24) is 13.9 Å². The van der Waals surface area contributed by atoms with E-state index < -0.39 is 33.5 Å². The molecule has 1 fully saturated rings. The summed E-state index contributed by atoms with van der Waals surface area (Å²) < 4.78 is 30.0. The van der Waals surface area contributed by atoms with Crippen molar-refractivity contribution >= 4 is 56.7 Å². The third-order valence-corrected chi connectivity index (χ3v) is 9.17. The molecule has 196 valence electrons. The van der Waals surface area contributed by atoms with Gasteiger partial charge in [0, 0.05) is 23.0 Å². The minimum absolute atomic E-state index is 0.0354. The number of carbonyl (C=O) groups is 2. The molecule has 1 saturated heterocycles. The fourth-order valence-corrected chi connectivity index (χ4v) is 7.46. The Morgan fingerprint density at radius 2 is 1.87 bits per heavy atom. The van der Waals surface area contributed by atoms with Gasteiger partial charge in [0.05, 0.1) is 23.5 Å². The summed E-state index contributed by atoms with van der Waals surface area (Å²) in [4.78, 5) is 31.5. The van der Waals surface area contributed by atoms with Crippen LogP contribution in [0.4, 0.5) is 11.6 Å². The van der Waals surface area contributed by atoms with Crippen LogP contribution in [-0.2, 0) is 31.6 Å². The molecule has 5 rings (SSSR count). The Balaban J connectivity index is 1.69. The van der Waals surface area contributed by atoms with Gasteiger partial charge in [-0.3, -0.25) is 14.2 Å². The minimum atomic E-state index is -4.36. The van der Waals surface area contributed by atoms with Gasteiger partial charge in [-0.05, 0) is 55.7 Å². The number of benzene rings is 2. The quantitative estimate of drug-likeness (QED) is 0.471. The second-order valence-electron chi connectivity index (χ2n) is 9.37. The van der Waals surface area contributed by atoms with Crippen LogP contribution in [0, 0.1) is 11.3 Å². The Bertz CT molecular complexity index is 1600. The lowest BCUT2D eigenvalue weighted by molar-refractivity contribution is -0.140. The van der Waals surface area contributed by atoms with Crippen LogP contribution in [-0.4, -0.2) is 51.8 Å². The van der Waals surface area contributed by atoms with Crippen LogP contribution in [0.1, 0.15) is 30.9 Å². The highest BCUT2D eigenvalue weighted by Crippen LogP contribution is 2.45. The zero-order chi connectivity index (χ0) is 27.4. The second-order valence-corrected chi connectivity index (χ2v) is 12.1. The lowest BCUT2D eigenvalue weighted by atomic mass is 9.91. The number of amides is 1. The van der Waals surface area contributed by atoms with Gasteiger partial charge in [-0.2, -0.15) is 9.57 Å². The number of carbonyl (C=O) groups excluding carboxylic acids is 1. The SMILES string of the molecule is C[C@@]1(Cc2ccc(C#N)cc2)C(=O)N(c2cc(Cl)cc(Cl)c2)c2ncc(S(=O)(=O)N3CCCC3C(=O)O)n21. The van der Waals surface area contributed by atoms with Gasteiger partial charge in [0.15, 0.2) is 5.03 Å². The Kier molecular flexibility index (Phi) is 6.47. The van der Waals surface area contributed by atoms with Crippen LogP contribution >= 0.6 is 23.2 Å². The molecule has 1 N–H and O–H groups in total. The van der Waals surface area contributed by atoms with Crippen LogP contribution in [0.15, 0.2) is 53.7 Å². The Hall–Kier alpha value is -3.43. The molecule has 0 radical (unpaired) electrons. The summed E-state index contributed by atoms with van der Waals surface area (Å²) in [6, 6.07) is 12.0. The number of hydrogen-bond donors (Lipinski definition) is 1. The van der Waals surface area contributed by atoms with Gasteiger partial charge < -0.3 is 5.11 Å². The topological polar surface area (TPSA) is 137 Å². The Morgan fingerprint density at radius 3 is 2.47 bits per heavy atom. The molecule has 2 aliphatic heterocycles. The zero-order valence-electron chi connectivity index (χ0n) is 20.0. The van der Waals surface area contributed by atoms with E-state index in [2.05, 4.69) is 4.98 Å². The Labute approximate surface area is 228 Å². The van der Waals surface area contributed by atoms with Gasteiger partial charge >= 0.3 is 5.97 Å². The normalized spacial score (nSPS) is 21.5. The number of aromatic nitrogens is 2. The fraction of sp³-hybridized carbons (Fsp3) is 0.280. The molecule has 38 heavy (non-hydrogen) atoms. The van der Waals surface area contributed by atoms with Gasteiger partial charge in [-0.15, -0.1) is 0 Å². The standard InChI is InChI=1S/C25H21Cl2N5O5S/c1-25(12-15-4-6-16(13-28)7-5-15)23(35)31(19-10-17(26)9-18(27)11-19)24-29-14-21(32(24)25)38(36,37)30-8-2-3-20(30)22(33)34/h4-7,9-11,14,20H,2-3,8,12H2,1H3,(H,33,34)/t20?,25-/m1/s1. The number of hydrogen-bond acceptors (Lipinski definition) is 6. The maximum atomic E-state index is 14.1. The predicted molar refractivity (Wildman–Crippen MR) is 139 cm³/mol. The molecule has 2 aromatic carbocycles. The summed E-state index contributed by atoms with van der Waals surface area (Å²) in [6.45, 7) is 1.64. The third kappa shape index (κ3) is 4.14. The lowest BCUT2D eigenvalue weighted by Crippen LogP contribution is -2.45. The van der Waals surface area contributed by atoms with Crippen LogP contribution < -0.4 is 4.90 Å². The van der Waals surface area contributed by atoms with E-state index >= 15 is 0 Å². The first-order valence-corrected chi connectivity index (χ1v) is 13.8. The van der Waals surface area contributed by atoms with E-state index in [-0.39, 0.29) is 40.4 Å². The molecule has 0 saturated carbocycles. The van der Waals surface area contributed by atoms with Gasteiger partial charge in [0.25, 0.3) is 15.9 Å². The fourth-order valence-electron chi connectivity index (χ4n) is 5.10. The van der Waals surface area contributed by atoms with Crippen molar-refractivity contribution in [3.63, 3.8) is 0 Å². The van der Waals surface area contributed by atoms with E-state index in [0.29, 0.717) is 23.2 Å². The van der Waals surface area contributed by atoms with Crippen molar-refractivity contribution in [3.8, 4) is 6.07 Å². The average molecular weight is 574 g/mol. The van der Waals surface area contributed by atoms with Crippen LogP contribution in [0.3, 0.4) is 0 Å². The van der Waals surface area contributed by atoms with E-state index in [1.54, 1.807) is 31.2 Å². The van der Waals surface area contributed by atoms with Gasteiger partial charge in [-0.1, -0.05) is 35.3 Å². The molecule has 1 unspecified atom stereocenters. The number of nitriles is 1. The van der Waals surface area contributed by atoms with Crippen LogP contribution in [0.25, 0.3) is 0 Å². The number of nitrogens with zero attached hydrogens (tertiary/aromatic N) is 5. The Morgan fingerprint density at radius 1 is 1.21 bits per heavy atom. The van der Waals surface area contributed by atoms with Gasteiger partial charge in [-0.25, -0.2) is 18.3 Å². The van der Waals surface area contributed by atoms with Crippen molar-refractivity contribution in [2.24, 2.45) is 0 Å². The third-order valence-electron chi connectivity index (χ3n) is 6.87. The monoisotopic (exact) mass is 573 g/mol. The first-order valence-electron chi connectivity index (χ1n) is 11.6. The number of halogens is 2. The molecule has 13 heteroatoms. The van der Waals surface area contributed by atoms with Crippen molar-refractivity contribution in [1.29, 1.82) is 5.26 Å². The second kappa shape index (κ2) is 9.39. The summed E-state index contributed by atoms with van der Waals surface area (Å²) in [5.74, 6) is -1.68. The van der Waals surface area contributed by atoms with E-state index in [1.807, 2.05) is 6.07 Å². The van der Waals surface area contributed by atoms with E-state index in [4.69, 9.17) is 28.5 Å². The maximum Gasteiger partial charge on any atom is 0.322 e. The number of carboxylic acids is 1. The molecular formula is C25H21Cl2N5O5S. The largest absolute Gasteiger partial charge is 0.480 e. The molecular weight excluding hydrogens is 553 g/mol. The molecule has 1 aromatic heterocycles. The average Bonchev–Trinajstić information content (AvgIpc) is 3.57. The number of imidazole rings is 1. The van der Waals surface area contributed by atoms with Gasteiger partial charge in [0.1, 0.15) is 11.6 Å². The summed E-state index contributed by atoms with van der Waals surface area (Å²) in [5, 5.41) is 19.0. The summed E-state index contributed by atoms with van der Waals surface area (Å²) in [5.41, 5.74) is -0.0580. The number of carboxylic acid groups (broad SMARTS) is 1. The smallest absolute Gasteiger partial charge is 0.322 e. The number of fused-ring (bicyclic) bond motifs is 1. The molecule has 0 aliphatic carbocycles. The van der Waals surface area contributed by atoms with Crippen molar-refractivity contribution in [3.05, 3.63) is 69.8 Å². The van der Waals surface area contributed by atoms with E-state index in [1.165, 1.54) is 27.7 Å². The maximum absolute atomic E-state index is 14.1. The number of anilines is 2. The highest BCUT2D eigenvalue weighted by atomic mass is 35.5. The molecule has 2 atom stereocenters.